The van der Waals surface area contributed by atoms with E-state index < -0.39 is 0 Å². The fraction of sp³-hybridized carbons (Fsp3) is 0.438. The third-order valence-corrected chi connectivity index (χ3v) is 3.35. The maximum Gasteiger partial charge on any atom is 0.302 e. The Morgan fingerprint density at radius 2 is 2.20 bits per heavy atom. The summed E-state index contributed by atoms with van der Waals surface area (Å²) in [4.78, 5) is 13.3. The molecule has 0 spiro atoms. The highest BCUT2D eigenvalue weighted by atomic mass is 16.5. The first-order valence-electron chi connectivity index (χ1n) is 7.06. The lowest BCUT2D eigenvalue weighted by Crippen LogP contribution is -2.22. The molecule has 1 aromatic heterocycles. The number of nitrogens with one attached hydrogen (secondary N) is 2. The quantitative estimate of drug-likeness (QED) is 0.786. The number of esters is 1. The van der Waals surface area contributed by atoms with E-state index in [1.807, 2.05) is 0 Å². The molecule has 1 aliphatic heterocycles. The van der Waals surface area contributed by atoms with Crippen LogP contribution in [0.2, 0.25) is 0 Å². The lowest BCUT2D eigenvalue weighted by molar-refractivity contribution is -0.140. The predicted octanol–water partition coefficient (Wildman–Crippen LogP) is 2.69. The van der Waals surface area contributed by atoms with E-state index in [1.165, 1.54) is 34.6 Å². The summed E-state index contributed by atoms with van der Waals surface area (Å²) in [6, 6.07) is 6.64. The zero-order valence-electron chi connectivity index (χ0n) is 12.4. The summed E-state index contributed by atoms with van der Waals surface area (Å²) < 4.78 is 4.40. The van der Waals surface area contributed by atoms with Gasteiger partial charge in [0, 0.05) is 30.1 Å². The molecule has 2 heterocycles. The SMILES string of the molecule is CCOC(C)=O.Cc1ccc2[nH]c3c(c2c1)CCNC3. The second-order valence-electron chi connectivity index (χ2n) is 4.98. The van der Waals surface area contributed by atoms with E-state index in [-0.39, 0.29) is 5.97 Å². The number of ether oxygens (including phenoxy) is 1. The molecule has 4 nitrogen and oxygen atoms in total. The van der Waals surface area contributed by atoms with E-state index in [4.69, 9.17) is 0 Å². The van der Waals surface area contributed by atoms with Crippen molar-refractivity contribution in [1.29, 1.82) is 0 Å². The van der Waals surface area contributed by atoms with Crippen LogP contribution in [0.3, 0.4) is 0 Å². The number of aromatic amines is 1. The Morgan fingerprint density at radius 3 is 2.85 bits per heavy atom. The van der Waals surface area contributed by atoms with Crippen molar-refractivity contribution >= 4 is 16.9 Å². The summed E-state index contributed by atoms with van der Waals surface area (Å²) in [5, 5.41) is 4.80. The lowest BCUT2D eigenvalue weighted by Gasteiger charge is -2.12. The van der Waals surface area contributed by atoms with E-state index in [0.29, 0.717) is 6.61 Å². The first-order chi connectivity index (χ1) is 9.61. The Kier molecular flexibility index (Phi) is 4.79. The molecule has 0 amide bonds. The topological polar surface area (TPSA) is 54.1 Å². The minimum atomic E-state index is -0.211. The van der Waals surface area contributed by atoms with Crippen LogP contribution in [0.25, 0.3) is 10.9 Å². The Hall–Kier alpha value is -1.81. The standard InChI is InChI=1S/C12H14N2.C4H8O2/c1-8-2-3-11-10(6-8)9-4-5-13-7-12(9)14-11;1-3-6-4(2)5/h2-3,6,13-14H,4-5,7H2,1H3;3H2,1-2H3. The van der Waals surface area contributed by atoms with Crippen LogP contribution in [0.5, 0.6) is 0 Å². The second-order valence-corrected chi connectivity index (χ2v) is 4.98. The number of hydrogen-bond acceptors (Lipinski definition) is 3. The Balaban J connectivity index is 0.000000212. The highest BCUT2D eigenvalue weighted by molar-refractivity contribution is 5.85. The Morgan fingerprint density at radius 1 is 1.40 bits per heavy atom. The summed E-state index contributed by atoms with van der Waals surface area (Å²) in [6.45, 7) is 7.90. The van der Waals surface area contributed by atoms with E-state index in [9.17, 15) is 4.79 Å². The zero-order valence-corrected chi connectivity index (χ0v) is 12.4. The molecule has 108 valence electrons. The molecule has 2 aromatic rings. The van der Waals surface area contributed by atoms with E-state index >= 15 is 0 Å². The fourth-order valence-electron chi connectivity index (χ4n) is 2.48. The van der Waals surface area contributed by atoms with Crippen molar-refractivity contribution in [3.05, 3.63) is 35.0 Å². The fourth-order valence-corrected chi connectivity index (χ4v) is 2.48. The molecule has 2 N–H and O–H groups in total. The smallest absolute Gasteiger partial charge is 0.302 e. The average molecular weight is 274 g/mol. The molecule has 0 saturated carbocycles. The molecule has 1 aliphatic rings. The van der Waals surface area contributed by atoms with Crippen molar-refractivity contribution < 1.29 is 9.53 Å². The summed E-state index contributed by atoms with van der Waals surface area (Å²) in [7, 11) is 0. The van der Waals surface area contributed by atoms with Gasteiger partial charge in [0.2, 0.25) is 0 Å². The van der Waals surface area contributed by atoms with Crippen molar-refractivity contribution in [2.75, 3.05) is 13.2 Å². The number of carbonyl (C=O) groups excluding carboxylic acids is 1. The first kappa shape index (κ1) is 14.6. The van der Waals surface area contributed by atoms with Gasteiger partial charge in [0.1, 0.15) is 0 Å². The third kappa shape index (κ3) is 3.39. The number of carbonyl (C=O) groups is 1. The van der Waals surface area contributed by atoms with Crippen LogP contribution in [0.4, 0.5) is 0 Å². The predicted molar refractivity (Wildman–Crippen MR) is 80.8 cm³/mol. The van der Waals surface area contributed by atoms with Gasteiger partial charge in [-0.1, -0.05) is 11.6 Å². The minimum absolute atomic E-state index is 0.211. The molecule has 0 bridgehead atoms. The summed E-state index contributed by atoms with van der Waals surface area (Å²) in [6.07, 6.45) is 1.15. The maximum absolute atomic E-state index is 9.82. The molecular weight excluding hydrogens is 252 g/mol. The third-order valence-electron chi connectivity index (χ3n) is 3.35. The molecule has 0 atom stereocenters. The van der Waals surface area contributed by atoms with E-state index in [2.05, 4.69) is 40.2 Å². The minimum Gasteiger partial charge on any atom is -0.466 e. The highest BCUT2D eigenvalue weighted by Gasteiger charge is 2.14. The largest absolute Gasteiger partial charge is 0.466 e. The molecule has 0 radical (unpaired) electrons. The van der Waals surface area contributed by atoms with Crippen molar-refractivity contribution in [1.82, 2.24) is 10.3 Å². The van der Waals surface area contributed by atoms with Gasteiger partial charge in [0.15, 0.2) is 0 Å². The molecule has 20 heavy (non-hydrogen) atoms. The average Bonchev–Trinajstić information content (AvgIpc) is 2.77. The molecule has 4 heteroatoms. The van der Waals surface area contributed by atoms with Crippen LogP contribution >= 0.6 is 0 Å². The lowest BCUT2D eigenvalue weighted by atomic mass is 10.0. The molecule has 1 aromatic carbocycles. The van der Waals surface area contributed by atoms with Gasteiger partial charge < -0.3 is 15.0 Å². The van der Waals surface area contributed by atoms with Crippen LogP contribution in [0, 0.1) is 6.92 Å². The first-order valence-corrected chi connectivity index (χ1v) is 7.06. The number of rotatable bonds is 1. The van der Waals surface area contributed by atoms with Crippen molar-refractivity contribution in [2.24, 2.45) is 0 Å². The zero-order chi connectivity index (χ0) is 14.5. The van der Waals surface area contributed by atoms with Gasteiger partial charge in [0.25, 0.3) is 0 Å². The van der Waals surface area contributed by atoms with Crippen LogP contribution in [-0.2, 0) is 22.5 Å². The van der Waals surface area contributed by atoms with Crippen molar-refractivity contribution in [3.63, 3.8) is 0 Å². The Labute approximate surface area is 119 Å². The normalized spacial score (nSPS) is 13.3. The number of H-pyrrole nitrogens is 1. The summed E-state index contributed by atoms with van der Waals surface area (Å²) in [5.74, 6) is -0.211. The molecule has 0 fully saturated rings. The van der Waals surface area contributed by atoms with Gasteiger partial charge in [-0.15, -0.1) is 0 Å². The van der Waals surface area contributed by atoms with Crippen molar-refractivity contribution in [3.8, 4) is 0 Å². The van der Waals surface area contributed by atoms with Crippen molar-refractivity contribution in [2.45, 2.75) is 33.7 Å². The molecule has 0 aliphatic carbocycles. The monoisotopic (exact) mass is 274 g/mol. The Bertz CT molecular complexity index is 602. The number of aryl methyl sites for hydroxylation is 1. The molecule has 0 unspecified atom stereocenters. The van der Waals surface area contributed by atoms with Crippen LogP contribution < -0.4 is 5.32 Å². The van der Waals surface area contributed by atoms with E-state index in [1.54, 1.807) is 6.92 Å². The highest BCUT2D eigenvalue weighted by Crippen LogP contribution is 2.25. The van der Waals surface area contributed by atoms with Gasteiger partial charge in [-0.2, -0.15) is 0 Å². The second kappa shape index (κ2) is 6.57. The number of hydrogen-bond donors (Lipinski definition) is 2. The van der Waals surface area contributed by atoms with E-state index in [0.717, 1.165) is 19.5 Å². The van der Waals surface area contributed by atoms with Gasteiger partial charge in [-0.3, -0.25) is 4.79 Å². The van der Waals surface area contributed by atoms with Crippen LogP contribution in [-0.4, -0.2) is 24.1 Å². The van der Waals surface area contributed by atoms with Gasteiger partial charge in [-0.05, 0) is 44.5 Å². The number of fused-ring (bicyclic) bond motifs is 3. The maximum atomic E-state index is 9.82. The summed E-state index contributed by atoms with van der Waals surface area (Å²) in [5.41, 5.74) is 5.52. The summed E-state index contributed by atoms with van der Waals surface area (Å²) >= 11 is 0. The number of aromatic nitrogens is 1. The van der Waals surface area contributed by atoms with Crippen LogP contribution in [0.1, 0.15) is 30.7 Å². The van der Waals surface area contributed by atoms with Crippen LogP contribution in [0.15, 0.2) is 18.2 Å². The van der Waals surface area contributed by atoms with Gasteiger partial charge in [0.05, 0.1) is 6.61 Å². The van der Waals surface area contributed by atoms with Gasteiger partial charge in [-0.25, -0.2) is 0 Å². The number of benzene rings is 1. The molecule has 0 saturated heterocycles. The molecule has 3 rings (SSSR count). The van der Waals surface area contributed by atoms with Gasteiger partial charge >= 0.3 is 5.97 Å². The molecular formula is C16H22N2O2.